The van der Waals surface area contributed by atoms with Crippen LogP contribution in [-0.2, 0) is 12.8 Å². The molecule has 2 aromatic carbocycles. The molecule has 31 heavy (non-hydrogen) atoms. The number of anilines is 1. The van der Waals surface area contributed by atoms with Crippen molar-refractivity contribution in [1.29, 1.82) is 0 Å². The maximum atomic E-state index is 14.3. The van der Waals surface area contributed by atoms with Crippen LogP contribution in [0, 0.1) is 12.7 Å². The van der Waals surface area contributed by atoms with E-state index in [0.717, 1.165) is 17.5 Å². The van der Waals surface area contributed by atoms with Crippen LogP contribution in [0.5, 0.6) is 0 Å². The second-order valence-corrected chi connectivity index (χ2v) is 7.63. The van der Waals surface area contributed by atoms with Crippen LogP contribution in [0.15, 0.2) is 42.6 Å². The van der Waals surface area contributed by atoms with E-state index in [9.17, 15) is 19.1 Å². The first-order valence-electron chi connectivity index (χ1n) is 9.87. The molecule has 7 nitrogen and oxygen atoms in total. The van der Waals surface area contributed by atoms with Gasteiger partial charge in [-0.15, -0.1) is 0 Å². The van der Waals surface area contributed by atoms with Gasteiger partial charge in [0.05, 0.1) is 16.8 Å². The fourth-order valence-electron chi connectivity index (χ4n) is 4.01. The summed E-state index contributed by atoms with van der Waals surface area (Å²) in [5.74, 6) is -1.98. The number of halogens is 1. The highest BCUT2D eigenvalue weighted by Crippen LogP contribution is 2.29. The molecule has 8 heteroatoms. The third-order valence-corrected chi connectivity index (χ3v) is 5.49. The van der Waals surface area contributed by atoms with E-state index in [1.807, 2.05) is 13.0 Å². The van der Waals surface area contributed by atoms with Crippen LogP contribution in [0.2, 0.25) is 0 Å². The standard InChI is InChI=1S/C23H21FN4O3/c1-12-2-6-15(18(24)10-12)19-8-9-26-23(28-19)27-14-5-3-13-4-7-16(22(30)31)20(21(25)29)17(13)11-14/h2,4,6-10,14H,3,5,11H2,1H3,(H2,25,29)(H,30,31)(H,26,27,28). The van der Waals surface area contributed by atoms with Crippen molar-refractivity contribution < 1.29 is 19.1 Å². The number of carboxylic acid groups (broad SMARTS) is 1. The van der Waals surface area contributed by atoms with Gasteiger partial charge in [0.2, 0.25) is 11.9 Å². The summed E-state index contributed by atoms with van der Waals surface area (Å²) >= 11 is 0. The number of amides is 1. The number of carbonyl (C=O) groups is 2. The van der Waals surface area contributed by atoms with E-state index in [1.165, 1.54) is 12.1 Å². The molecular formula is C23H21FN4O3. The van der Waals surface area contributed by atoms with Gasteiger partial charge >= 0.3 is 5.97 Å². The Kier molecular flexibility index (Phi) is 5.37. The molecule has 158 valence electrons. The summed E-state index contributed by atoms with van der Waals surface area (Å²) in [5, 5.41) is 12.7. The first-order valence-corrected chi connectivity index (χ1v) is 9.87. The number of nitrogens with one attached hydrogen (secondary N) is 1. The molecular weight excluding hydrogens is 399 g/mol. The van der Waals surface area contributed by atoms with Crippen LogP contribution in [-0.4, -0.2) is 33.0 Å². The molecule has 0 fully saturated rings. The van der Waals surface area contributed by atoms with Crippen LogP contribution >= 0.6 is 0 Å². The summed E-state index contributed by atoms with van der Waals surface area (Å²) in [4.78, 5) is 32.2. The number of fused-ring (bicyclic) bond motifs is 1. The van der Waals surface area contributed by atoms with Gasteiger partial charge in [0.25, 0.3) is 0 Å². The molecule has 1 atom stereocenters. The lowest BCUT2D eigenvalue weighted by molar-refractivity contribution is 0.0691. The van der Waals surface area contributed by atoms with Crippen LogP contribution in [0.4, 0.5) is 10.3 Å². The molecule has 1 aliphatic rings. The number of primary amides is 1. The maximum Gasteiger partial charge on any atom is 0.336 e. The van der Waals surface area contributed by atoms with E-state index in [4.69, 9.17) is 5.73 Å². The Labute approximate surface area is 178 Å². The molecule has 0 aliphatic heterocycles. The van der Waals surface area contributed by atoms with Crippen molar-refractivity contribution in [2.24, 2.45) is 5.73 Å². The van der Waals surface area contributed by atoms with E-state index in [2.05, 4.69) is 15.3 Å². The zero-order valence-electron chi connectivity index (χ0n) is 16.9. The molecule has 0 radical (unpaired) electrons. The average molecular weight is 420 g/mol. The maximum absolute atomic E-state index is 14.3. The molecule has 0 bridgehead atoms. The van der Waals surface area contributed by atoms with Gasteiger partial charge in [-0.05, 0) is 67.1 Å². The van der Waals surface area contributed by atoms with Crippen molar-refractivity contribution in [2.45, 2.75) is 32.2 Å². The van der Waals surface area contributed by atoms with Gasteiger partial charge in [0.15, 0.2) is 0 Å². The number of aromatic nitrogens is 2. The molecule has 1 heterocycles. The molecule has 0 spiro atoms. The van der Waals surface area contributed by atoms with E-state index in [-0.39, 0.29) is 23.0 Å². The van der Waals surface area contributed by atoms with Crippen LogP contribution in [0.3, 0.4) is 0 Å². The largest absolute Gasteiger partial charge is 0.478 e. The second kappa shape index (κ2) is 8.14. The van der Waals surface area contributed by atoms with Gasteiger partial charge in [0, 0.05) is 17.8 Å². The molecule has 1 aliphatic carbocycles. The van der Waals surface area contributed by atoms with Crippen molar-refractivity contribution in [3.63, 3.8) is 0 Å². The van der Waals surface area contributed by atoms with Crippen molar-refractivity contribution in [3.05, 3.63) is 76.2 Å². The van der Waals surface area contributed by atoms with Crippen molar-refractivity contribution >= 4 is 17.8 Å². The number of rotatable bonds is 5. The summed E-state index contributed by atoms with van der Waals surface area (Å²) in [6, 6.07) is 9.62. The number of hydrogen-bond donors (Lipinski definition) is 3. The van der Waals surface area contributed by atoms with Gasteiger partial charge in [-0.1, -0.05) is 12.1 Å². The van der Waals surface area contributed by atoms with Gasteiger partial charge < -0.3 is 16.2 Å². The molecule has 3 aromatic rings. The summed E-state index contributed by atoms with van der Waals surface area (Å²) in [7, 11) is 0. The summed E-state index contributed by atoms with van der Waals surface area (Å²) in [6.07, 6.45) is 3.35. The normalized spacial score (nSPS) is 15.2. The zero-order valence-corrected chi connectivity index (χ0v) is 16.9. The fraction of sp³-hybridized carbons (Fsp3) is 0.217. The summed E-state index contributed by atoms with van der Waals surface area (Å²) < 4.78 is 14.3. The highest BCUT2D eigenvalue weighted by atomic mass is 19.1. The first kappa shape index (κ1) is 20.5. The van der Waals surface area contributed by atoms with Crippen LogP contribution in [0.1, 0.15) is 43.8 Å². The van der Waals surface area contributed by atoms with Gasteiger partial charge in [0.1, 0.15) is 5.82 Å². The smallest absolute Gasteiger partial charge is 0.336 e. The lowest BCUT2D eigenvalue weighted by atomic mass is 9.83. The van der Waals surface area contributed by atoms with E-state index in [0.29, 0.717) is 35.6 Å². The highest BCUT2D eigenvalue weighted by Gasteiger charge is 2.27. The van der Waals surface area contributed by atoms with E-state index in [1.54, 1.807) is 24.4 Å². The number of nitrogens with two attached hydrogens (primary N) is 1. The monoisotopic (exact) mass is 420 g/mol. The predicted octanol–water partition coefficient (Wildman–Crippen LogP) is 3.36. The molecule has 0 saturated carbocycles. The van der Waals surface area contributed by atoms with Crippen molar-refractivity contribution in [3.8, 4) is 11.3 Å². The minimum Gasteiger partial charge on any atom is -0.478 e. The fourth-order valence-corrected chi connectivity index (χ4v) is 4.01. The van der Waals surface area contributed by atoms with Gasteiger partial charge in [-0.3, -0.25) is 4.79 Å². The Bertz CT molecular complexity index is 1200. The Hall–Kier alpha value is -3.81. The van der Waals surface area contributed by atoms with Crippen molar-refractivity contribution in [2.75, 3.05) is 5.32 Å². The number of nitrogens with zero attached hydrogens (tertiary/aromatic N) is 2. The zero-order chi connectivity index (χ0) is 22.1. The SMILES string of the molecule is Cc1ccc(-c2ccnc(NC3CCc4ccc(C(=O)O)c(C(N)=O)c4C3)n2)c(F)c1. The highest BCUT2D eigenvalue weighted by molar-refractivity contribution is 6.05. The quantitative estimate of drug-likeness (QED) is 0.583. The molecule has 4 N–H and O–H groups in total. The number of hydrogen-bond acceptors (Lipinski definition) is 5. The molecule has 0 saturated heterocycles. The third kappa shape index (κ3) is 4.09. The Balaban J connectivity index is 1.61. The van der Waals surface area contributed by atoms with Gasteiger partial charge in [-0.2, -0.15) is 0 Å². The molecule has 1 unspecified atom stereocenters. The number of benzene rings is 2. The number of carboxylic acids is 1. The Morgan fingerprint density at radius 3 is 2.74 bits per heavy atom. The minimum atomic E-state index is -1.19. The third-order valence-electron chi connectivity index (χ3n) is 5.49. The number of aromatic carboxylic acids is 1. The molecule has 1 aromatic heterocycles. The van der Waals surface area contributed by atoms with Crippen molar-refractivity contribution in [1.82, 2.24) is 9.97 Å². The number of aryl methyl sites for hydroxylation is 2. The Morgan fingerprint density at radius 2 is 2.03 bits per heavy atom. The number of carbonyl (C=O) groups excluding carboxylic acids is 1. The second-order valence-electron chi connectivity index (χ2n) is 7.63. The van der Waals surface area contributed by atoms with Gasteiger partial charge in [-0.25, -0.2) is 19.2 Å². The molecule has 4 rings (SSSR count). The first-order chi connectivity index (χ1) is 14.8. The van der Waals surface area contributed by atoms with E-state index < -0.39 is 11.9 Å². The van der Waals surface area contributed by atoms with Crippen LogP contribution < -0.4 is 11.1 Å². The lowest BCUT2D eigenvalue weighted by Crippen LogP contribution is -2.31. The lowest BCUT2D eigenvalue weighted by Gasteiger charge is -2.27. The summed E-state index contributed by atoms with van der Waals surface area (Å²) in [5.41, 5.74) is 8.66. The predicted molar refractivity (Wildman–Crippen MR) is 114 cm³/mol. The van der Waals surface area contributed by atoms with E-state index >= 15 is 0 Å². The Morgan fingerprint density at radius 1 is 1.23 bits per heavy atom. The molecule has 1 amide bonds. The topological polar surface area (TPSA) is 118 Å². The summed E-state index contributed by atoms with van der Waals surface area (Å²) in [6.45, 7) is 1.82. The van der Waals surface area contributed by atoms with Crippen LogP contribution in [0.25, 0.3) is 11.3 Å². The minimum absolute atomic E-state index is 0.0490. The average Bonchev–Trinajstić information content (AvgIpc) is 2.72.